The molecule has 0 atom stereocenters. The summed E-state index contributed by atoms with van der Waals surface area (Å²) in [5, 5.41) is 11.2. The summed E-state index contributed by atoms with van der Waals surface area (Å²) in [5.41, 5.74) is 2.40. The minimum atomic E-state index is -0.972. The first-order valence-corrected chi connectivity index (χ1v) is 6.38. The van der Waals surface area contributed by atoms with Crippen molar-refractivity contribution in [2.45, 2.75) is 6.42 Å². The van der Waals surface area contributed by atoms with Gasteiger partial charge in [-0.25, -0.2) is 9.78 Å². The first-order chi connectivity index (χ1) is 8.56. The van der Waals surface area contributed by atoms with E-state index in [2.05, 4.69) is 4.98 Å². The number of thiazole rings is 1. The second kappa shape index (κ2) is 5.18. The third-order valence-electron chi connectivity index (χ3n) is 2.58. The van der Waals surface area contributed by atoms with Gasteiger partial charge in [-0.3, -0.25) is 0 Å². The number of carbonyl (C=O) groups is 1. The Morgan fingerprint density at radius 1 is 1.33 bits per heavy atom. The minimum Gasteiger partial charge on any atom is -0.476 e. The van der Waals surface area contributed by atoms with Crippen LogP contribution in [0.2, 0.25) is 0 Å². The van der Waals surface area contributed by atoms with Crippen LogP contribution in [0.4, 0.5) is 5.69 Å². The molecule has 0 amide bonds. The Kier molecular flexibility index (Phi) is 3.62. The highest BCUT2D eigenvalue weighted by Gasteiger charge is 2.08. The number of nitrogens with zero attached hydrogens (tertiary/aromatic N) is 2. The van der Waals surface area contributed by atoms with Gasteiger partial charge in [0.25, 0.3) is 0 Å². The molecule has 0 aliphatic heterocycles. The standard InChI is InChI=1S/C13H14N2O2S/c1-15(2)10-5-3-9(4-6-10)7-12-14-11(8-18-12)13(16)17/h3-6,8H,7H2,1-2H3,(H,16,17). The molecule has 1 heterocycles. The van der Waals surface area contributed by atoms with E-state index in [-0.39, 0.29) is 5.69 Å². The van der Waals surface area contributed by atoms with E-state index in [1.165, 1.54) is 11.3 Å². The lowest BCUT2D eigenvalue weighted by Gasteiger charge is -2.12. The summed E-state index contributed by atoms with van der Waals surface area (Å²) in [7, 11) is 3.99. The Bertz CT molecular complexity index is 546. The fraction of sp³-hybridized carbons (Fsp3) is 0.231. The molecular weight excluding hydrogens is 248 g/mol. The number of carboxylic acid groups (broad SMARTS) is 1. The van der Waals surface area contributed by atoms with Gasteiger partial charge in [-0.15, -0.1) is 11.3 Å². The Morgan fingerprint density at radius 2 is 2.00 bits per heavy atom. The summed E-state index contributed by atoms with van der Waals surface area (Å²) < 4.78 is 0. The molecule has 0 radical (unpaired) electrons. The predicted octanol–water partition coefficient (Wildman–Crippen LogP) is 2.50. The van der Waals surface area contributed by atoms with Crippen molar-refractivity contribution >= 4 is 23.0 Å². The number of carboxylic acids is 1. The van der Waals surface area contributed by atoms with Crippen molar-refractivity contribution in [2.24, 2.45) is 0 Å². The first-order valence-electron chi connectivity index (χ1n) is 5.50. The average Bonchev–Trinajstić information content (AvgIpc) is 2.78. The molecular formula is C13H14N2O2S. The average molecular weight is 262 g/mol. The maximum atomic E-state index is 10.7. The molecule has 0 aliphatic carbocycles. The van der Waals surface area contributed by atoms with Gasteiger partial charge in [0.2, 0.25) is 0 Å². The molecule has 0 saturated carbocycles. The van der Waals surface area contributed by atoms with Crippen molar-refractivity contribution in [3.63, 3.8) is 0 Å². The highest BCUT2D eigenvalue weighted by molar-refractivity contribution is 7.09. The number of aromatic nitrogens is 1. The van der Waals surface area contributed by atoms with E-state index >= 15 is 0 Å². The van der Waals surface area contributed by atoms with Crippen LogP contribution < -0.4 is 4.90 Å². The van der Waals surface area contributed by atoms with E-state index in [1.807, 2.05) is 43.3 Å². The lowest BCUT2D eigenvalue weighted by atomic mass is 10.1. The maximum Gasteiger partial charge on any atom is 0.355 e. The monoisotopic (exact) mass is 262 g/mol. The molecule has 4 nitrogen and oxygen atoms in total. The molecule has 5 heteroatoms. The van der Waals surface area contributed by atoms with Crippen molar-refractivity contribution in [2.75, 3.05) is 19.0 Å². The molecule has 0 bridgehead atoms. The van der Waals surface area contributed by atoms with E-state index in [1.54, 1.807) is 5.38 Å². The Morgan fingerprint density at radius 3 is 2.50 bits per heavy atom. The Labute approximate surface area is 110 Å². The van der Waals surface area contributed by atoms with Gasteiger partial charge in [0.05, 0.1) is 5.01 Å². The smallest absolute Gasteiger partial charge is 0.355 e. The van der Waals surface area contributed by atoms with E-state index in [0.717, 1.165) is 16.3 Å². The fourth-order valence-corrected chi connectivity index (χ4v) is 2.38. The molecule has 94 valence electrons. The van der Waals surface area contributed by atoms with Crippen LogP contribution in [-0.2, 0) is 6.42 Å². The van der Waals surface area contributed by atoms with Gasteiger partial charge in [-0.1, -0.05) is 12.1 Å². The fourth-order valence-electron chi connectivity index (χ4n) is 1.58. The summed E-state index contributed by atoms with van der Waals surface area (Å²) >= 11 is 1.38. The quantitative estimate of drug-likeness (QED) is 0.919. The number of hydrogen-bond donors (Lipinski definition) is 1. The minimum absolute atomic E-state index is 0.125. The molecule has 0 fully saturated rings. The highest BCUT2D eigenvalue weighted by atomic mass is 32.1. The number of aromatic carboxylic acids is 1. The van der Waals surface area contributed by atoms with Crippen LogP contribution in [0.1, 0.15) is 21.1 Å². The van der Waals surface area contributed by atoms with Crippen LogP contribution in [0.3, 0.4) is 0 Å². The van der Waals surface area contributed by atoms with Crippen molar-refractivity contribution in [1.82, 2.24) is 4.98 Å². The molecule has 1 N–H and O–H groups in total. The topological polar surface area (TPSA) is 53.4 Å². The SMILES string of the molecule is CN(C)c1ccc(Cc2nc(C(=O)O)cs2)cc1. The zero-order chi connectivity index (χ0) is 13.1. The van der Waals surface area contributed by atoms with Crippen molar-refractivity contribution in [3.8, 4) is 0 Å². The van der Waals surface area contributed by atoms with Crippen LogP contribution >= 0.6 is 11.3 Å². The van der Waals surface area contributed by atoms with E-state index in [4.69, 9.17) is 5.11 Å². The van der Waals surface area contributed by atoms with Gasteiger partial charge in [-0.05, 0) is 17.7 Å². The molecule has 0 aliphatic rings. The number of hydrogen-bond acceptors (Lipinski definition) is 4. The number of rotatable bonds is 4. The zero-order valence-electron chi connectivity index (χ0n) is 10.3. The van der Waals surface area contributed by atoms with Gasteiger partial charge < -0.3 is 10.0 Å². The van der Waals surface area contributed by atoms with Crippen LogP contribution in [-0.4, -0.2) is 30.2 Å². The third kappa shape index (κ3) is 2.87. The second-order valence-corrected chi connectivity index (χ2v) is 5.11. The lowest BCUT2D eigenvalue weighted by molar-refractivity contribution is 0.0691. The van der Waals surface area contributed by atoms with Crippen molar-refractivity contribution < 1.29 is 9.90 Å². The van der Waals surface area contributed by atoms with Gasteiger partial charge >= 0.3 is 5.97 Å². The Hall–Kier alpha value is -1.88. The van der Waals surface area contributed by atoms with Crippen molar-refractivity contribution in [3.05, 3.63) is 45.9 Å². The molecule has 1 aromatic carbocycles. The highest BCUT2D eigenvalue weighted by Crippen LogP contribution is 2.17. The van der Waals surface area contributed by atoms with E-state index < -0.39 is 5.97 Å². The molecule has 2 aromatic rings. The van der Waals surface area contributed by atoms with Gasteiger partial charge in [0.1, 0.15) is 0 Å². The Balaban J connectivity index is 2.10. The zero-order valence-corrected chi connectivity index (χ0v) is 11.1. The van der Waals surface area contributed by atoms with Gasteiger partial charge in [0.15, 0.2) is 5.69 Å². The van der Waals surface area contributed by atoms with Gasteiger partial charge in [0, 0.05) is 31.6 Å². The van der Waals surface area contributed by atoms with Crippen molar-refractivity contribution in [1.29, 1.82) is 0 Å². The molecule has 0 spiro atoms. The first kappa shape index (κ1) is 12.6. The summed E-state index contributed by atoms with van der Waals surface area (Å²) in [6, 6.07) is 8.16. The normalized spacial score (nSPS) is 10.3. The maximum absolute atomic E-state index is 10.7. The molecule has 1 aromatic heterocycles. The van der Waals surface area contributed by atoms with Crippen LogP contribution in [0.25, 0.3) is 0 Å². The molecule has 0 saturated heterocycles. The summed E-state index contributed by atoms with van der Waals surface area (Å²) in [5.74, 6) is -0.972. The van der Waals surface area contributed by atoms with Gasteiger partial charge in [-0.2, -0.15) is 0 Å². The van der Waals surface area contributed by atoms with E-state index in [0.29, 0.717) is 6.42 Å². The van der Waals surface area contributed by atoms with Crippen LogP contribution in [0.5, 0.6) is 0 Å². The molecule has 0 unspecified atom stereocenters. The molecule has 18 heavy (non-hydrogen) atoms. The number of anilines is 1. The summed E-state index contributed by atoms with van der Waals surface area (Å²) in [6.07, 6.45) is 0.672. The van der Waals surface area contributed by atoms with Crippen LogP contribution in [0, 0.1) is 0 Å². The molecule has 2 rings (SSSR count). The van der Waals surface area contributed by atoms with Crippen LogP contribution in [0.15, 0.2) is 29.6 Å². The predicted molar refractivity (Wildman–Crippen MR) is 72.6 cm³/mol. The summed E-state index contributed by atoms with van der Waals surface area (Å²) in [6.45, 7) is 0. The third-order valence-corrected chi connectivity index (χ3v) is 3.43. The largest absolute Gasteiger partial charge is 0.476 e. The van der Waals surface area contributed by atoms with E-state index in [9.17, 15) is 4.79 Å². The number of benzene rings is 1. The lowest BCUT2D eigenvalue weighted by Crippen LogP contribution is -2.08. The second-order valence-electron chi connectivity index (χ2n) is 4.17. The summed E-state index contributed by atoms with van der Waals surface area (Å²) in [4.78, 5) is 16.8.